The fraction of sp³-hybridized carbons (Fsp3) is 0.429. The number of ether oxygens (including phenoxy) is 1. The van der Waals surface area contributed by atoms with Gasteiger partial charge in [0.05, 0.1) is 7.11 Å². The summed E-state index contributed by atoms with van der Waals surface area (Å²) in [7, 11) is 1.27. The minimum Gasteiger partial charge on any atom is -0.467 e. The molecule has 0 aliphatic rings. The number of benzene rings is 1. The Morgan fingerprint density at radius 3 is 2.21 bits per heavy atom. The van der Waals surface area contributed by atoms with Crippen LogP contribution in [0.5, 0.6) is 0 Å². The second kappa shape index (κ2) is 11.0. The fourth-order valence-electron chi connectivity index (χ4n) is 2.87. The Labute approximate surface area is 169 Å². The number of rotatable bonds is 12. The first kappa shape index (κ1) is 22.1. The molecular formula is C21H27N3O5. The zero-order chi connectivity index (χ0) is 21.2. The smallest absolute Gasteiger partial charge is 0.328 e. The van der Waals surface area contributed by atoms with E-state index in [2.05, 4.69) is 16.0 Å². The van der Waals surface area contributed by atoms with Crippen molar-refractivity contribution in [3.8, 4) is 0 Å². The maximum Gasteiger partial charge on any atom is 0.328 e. The molecule has 0 aliphatic heterocycles. The molecular weight excluding hydrogens is 374 g/mol. The summed E-state index contributed by atoms with van der Waals surface area (Å²) in [6.45, 7) is 2.80. The number of methoxy groups -OCH3 is 1. The Kier molecular flexibility index (Phi) is 8.39. The molecule has 8 heteroatoms. The number of hydrogen-bond donors (Lipinski definition) is 3. The van der Waals surface area contributed by atoms with Crippen LogP contribution in [-0.4, -0.2) is 38.1 Å². The first-order chi connectivity index (χ1) is 14.0. The van der Waals surface area contributed by atoms with E-state index in [1.807, 2.05) is 37.3 Å². The van der Waals surface area contributed by atoms with Gasteiger partial charge in [0.25, 0.3) is 10.9 Å². The van der Waals surface area contributed by atoms with Gasteiger partial charge in [0.1, 0.15) is 17.4 Å². The maximum atomic E-state index is 12.2. The van der Waals surface area contributed by atoms with Gasteiger partial charge < -0.3 is 20.7 Å². The Morgan fingerprint density at radius 2 is 1.62 bits per heavy atom. The van der Waals surface area contributed by atoms with Crippen LogP contribution in [-0.2, 0) is 20.7 Å². The minimum absolute atomic E-state index is 0.0372. The van der Waals surface area contributed by atoms with Crippen LogP contribution in [0.15, 0.2) is 39.9 Å². The normalized spacial score (nSPS) is 11.7. The van der Waals surface area contributed by atoms with Crippen LogP contribution in [0.1, 0.15) is 31.7 Å². The number of carbonyl (C=O) groups is 2. The highest BCUT2D eigenvalue weighted by Crippen LogP contribution is 2.14. The summed E-state index contributed by atoms with van der Waals surface area (Å²) in [4.78, 5) is 47.6. The van der Waals surface area contributed by atoms with Crippen LogP contribution in [0.4, 0.5) is 11.4 Å². The minimum atomic E-state index is -0.799. The van der Waals surface area contributed by atoms with E-state index in [1.54, 1.807) is 0 Å². The molecule has 2 aromatic carbocycles. The number of nitrogens with one attached hydrogen (secondary N) is 3. The fourth-order valence-corrected chi connectivity index (χ4v) is 2.87. The van der Waals surface area contributed by atoms with Crippen LogP contribution in [0.2, 0.25) is 0 Å². The molecule has 8 nitrogen and oxygen atoms in total. The van der Waals surface area contributed by atoms with Crippen molar-refractivity contribution < 1.29 is 14.3 Å². The summed E-state index contributed by atoms with van der Waals surface area (Å²) >= 11 is 0. The Morgan fingerprint density at radius 1 is 1.00 bits per heavy atom. The van der Waals surface area contributed by atoms with Crippen molar-refractivity contribution in [2.45, 2.75) is 38.6 Å². The summed E-state index contributed by atoms with van der Waals surface area (Å²) < 4.78 is 4.77. The molecule has 0 unspecified atom stereocenters. The molecule has 29 heavy (non-hydrogen) atoms. The van der Waals surface area contributed by atoms with Gasteiger partial charge in [-0.15, -0.1) is 0 Å². The molecule has 156 valence electrons. The van der Waals surface area contributed by atoms with E-state index in [-0.39, 0.29) is 30.2 Å². The number of unbranched alkanes of at least 4 members (excludes halogenated alkanes) is 1. The van der Waals surface area contributed by atoms with E-state index in [1.165, 1.54) is 7.11 Å². The zero-order valence-corrected chi connectivity index (χ0v) is 16.7. The summed E-state index contributed by atoms with van der Waals surface area (Å²) in [5.41, 5.74) is 0.267. The van der Waals surface area contributed by atoms with Gasteiger partial charge in [0.2, 0.25) is 5.91 Å². The molecule has 0 radical (unpaired) electrons. The monoisotopic (exact) mass is 401 g/mol. The van der Waals surface area contributed by atoms with Gasteiger partial charge in [-0.1, -0.05) is 43.7 Å². The molecule has 3 N–H and O–H groups in total. The van der Waals surface area contributed by atoms with Gasteiger partial charge in [-0.05, 0) is 12.0 Å². The standard InChI is InChI=1S/C21H27N3O5/c1-3-4-11-22-17-18(20(27)19(17)26)23-12-10-16(25)24-15(21(28)29-2)13-14-8-6-5-7-9-14/h5-9,15,22-23H,3-4,10-13H2,1-2H3,(H,24,25)/t15-/m0/s1. The summed E-state index contributed by atoms with van der Waals surface area (Å²) in [5.74, 6) is -0.886. The average molecular weight is 401 g/mol. The van der Waals surface area contributed by atoms with Crippen molar-refractivity contribution in [1.82, 2.24) is 5.32 Å². The molecule has 0 saturated carbocycles. The first-order valence-corrected chi connectivity index (χ1v) is 9.70. The van der Waals surface area contributed by atoms with Crippen molar-refractivity contribution in [2.75, 3.05) is 30.8 Å². The molecule has 0 fully saturated rings. The third-order valence-corrected chi connectivity index (χ3v) is 4.50. The third kappa shape index (κ3) is 6.17. The number of carbonyl (C=O) groups excluding carboxylic acids is 2. The lowest BCUT2D eigenvalue weighted by molar-refractivity contribution is -0.145. The Hall–Kier alpha value is -3.16. The Bertz CT molecular complexity index is 888. The second-order valence-corrected chi connectivity index (χ2v) is 6.70. The van der Waals surface area contributed by atoms with Crippen LogP contribution < -0.4 is 26.8 Å². The summed E-state index contributed by atoms with van der Waals surface area (Å²) in [6.07, 6.45) is 2.21. The first-order valence-electron chi connectivity index (χ1n) is 9.70. The molecule has 2 aromatic rings. The van der Waals surface area contributed by atoms with E-state index in [9.17, 15) is 19.2 Å². The molecule has 0 bridgehead atoms. The number of amides is 1. The molecule has 0 aromatic heterocycles. The average Bonchev–Trinajstić information content (AvgIpc) is 2.74. The highest BCUT2D eigenvalue weighted by atomic mass is 16.5. The quantitative estimate of drug-likeness (QED) is 0.278. The molecule has 0 aliphatic carbocycles. The van der Waals surface area contributed by atoms with E-state index in [0.717, 1.165) is 18.4 Å². The van der Waals surface area contributed by atoms with Crippen LogP contribution in [0.3, 0.4) is 0 Å². The van der Waals surface area contributed by atoms with Gasteiger partial charge in [-0.25, -0.2) is 4.79 Å². The van der Waals surface area contributed by atoms with Gasteiger partial charge in [-0.2, -0.15) is 0 Å². The van der Waals surface area contributed by atoms with Crippen molar-refractivity contribution in [1.29, 1.82) is 0 Å². The van der Waals surface area contributed by atoms with Crippen molar-refractivity contribution in [3.05, 3.63) is 56.3 Å². The molecule has 0 spiro atoms. The van der Waals surface area contributed by atoms with Gasteiger partial charge in [0, 0.05) is 25.9 Å². The van der Waals surface area contributed by atoms with Gasteiger partial charge >= 0.3 is 5.97 Å². The van der Waals surface area contributed by atoms with E-state index >= 15 is 0 Å². The van der Waals surface area contributed by atoms with E-state index < -0.39 is 22.9 Å². The predicted octanol–water partition coefficient (Wildman–Crippen LogP) is 1.20. The lowest BCUT2D eigenvalue weighted by Gasteiger charge is -2.17. The highest BCUT2D eigenvalue weighted by Gasteiger charge is 2.23. The van der Waals surface area contributed by atoms with E-state index in [0.29, 0.717) is 13.0 Å². The predicted molar refractivity (Wildman–Crippen MR) is 112 cm³/mol. The largest absolute Gasteiger partial charge is 0.467 e. The molecule has 2 rings (SSSR count). The van der Waals surface area contributed by atoms with E-state index in [4.69, 9.17) is 4.74 Å². The van der Waals surface area contributed by atoms with Crippen molar-refractivity contribution >= 4 is 23.3 Å². The van der Waals surface area contributed by atoms with Gasteiger partial charge in [0.15, 0.2) is 0 Å². The second-order valence-electron chi connectivity index (χ2n) is 6.70. The number of esters is 1. The van der Waals surface area contributed by atoms with Crippen LogP contribution in [0.25, 0.3) is 0 Å². The third-order valence-electron chi connectivity index (χ3n) is 4.50. The zero-order valence-electron chi connectivity index (χ0n) is 16.7. The van der Waals surface area contributed by atoms with Crippen molar-refractivity contribution in [3.63, 3.8) is 0 Å². The lowest BCUT2D eigenvalue weighted by atomic mass is 10.1. The number of anilines is 2. The summed E-state index contributed by atoms with van der Waals surface area (Å²) in [5, 5.41) is 8.46. The Balaban J connectivity index is 1.86. The topological polar surface area (TPSA) is 114 Å². The number of hydrogen-bond acceptors (Lipinski definition) is 7. The van der Waals surface area contributed by atoms with Crippen LogP contribution in [0, 0.1) is 0 Å². The summed E-state index contributed by atoms with van der Waals surface area (Å²) in [6, 6.07) is 8.50. The highest BCUT2D eigenvalue weighted by molar-refractivity contribution is 5.85. The molecule has 0 saturated heterocycles. The van der Waals surface area contributed by atoms with Crippen molar-refractivity contribution in [2.24, 2.45) is 0 Å². The molecule has 1 atom stereocenters. The molecule has 1 amide bonds. The molecule has 0 heterocycles. The van der Waals surface area contributed by atoms with Crippen LogP contribution >= 0.6 is 0 Å². The van der Waals surface area contributed by atoms with Gasteiger partial charge in [-0.3, -0.25) is 14.4 Å². The SMILES string of the molecule is CCCCNc1c(NCCC(=O)N[C@@H](Cc2ccccc2)C(=O)OC)c(=O)c1=O. The maximum absolute atomic E-state index is 12.2. The lowest BCUT2D eigenvalue weighted by Crippen LogP contribution is -2.43.